The number of hydrogen-bond donors (Lipinski definition) is 1. The molecule has 2 N–H and O–H groups in total. The highest BCUT2D eigenvalue weighted by atomic mass is 28.4. The molecule has 23 heavy (non-hydrogen) atoms. The number of carbonyl (C=O) groups is 1. The van der Waals surface area contributed by atoms with Crippen molar-refractivity contribution in [3.63, 3.8) is 0 Å². The van der Waals surface area contributed by atoms with Gasteiger partial charge < -0.3 is 24.4 Å². The fraction of sp³-hybridized carbons (Fsp3) is 0.438. The van der Waals surface area contributed by atoms with Gasteiger partial charge in [-0.1, -0.05) is 6.07 Å². The molecule has 0 saturated heterocycles. The molecule has 0 amide bonds. The SMILES string of the molecule is COc1cccc(OC)c1C1(C)OC(N)=C(O[Si](C)(C)C)C1=O. The van der Waals surface area contributed by atoms with E-state index < -0.39 is 13.9 Å². The fourth-order valence-electron chi connectivity index (χ4n) is 2.53. The summed E-state index contributed by atoms with van der Waals surface area (Å²) in [6.45, 7) is 7.56. The molecule has 0 spiro atoms. The number of hydrogen-bond acceptors (Lipinski definition) is 6. The first-order valence-electron chi connectivity index (χ1n) is 7.28. The standard InChI is InChI=1S/C16H23NO5Si/c1-16(12-10(19-2)8-7-9-11(12)20-3)14(18)13(15(17)21-16)22-23(4,5)6/h7-9H,17H2,1-6H3. The zero-order chi connectivity index (χ0) is 17.4. The van der Waals surface area contributed by atoms with E-state index in [-0.39, 0.29) is 17.4 Å². The van der Waals surface area contributed by atoms with Crippen LogP contribution in [0.3, 0.4) is 0 Å². The topological polar surface area (TPSA) is 80.0 Å². The number of methoxy groups -OCH3 is 2. The summed E-state index contributed by atoms with van der Waals surface area (Å²) >= 11 is 0. The zero-order valence-electron chi connectivity index (χ0n) is 14.4. The predicted octanol–water partition coefficient (Wildman–Crippen LogP) is 2.50. The Labute approximate surface area is 137 Å². The smallest absolute Gasteiger partial charge is 0.249 e. The molecule has 2 rings (SSSR count). The molecule has 1 aliphatic heterocycles. The van der Waals surface area contributed by atoms with Crippen LogP contribution in [0.15, 0.2) is 29.8 Å². The fourth-order valence-corrected chi connectivity index (χ4v) is 3.34. The minimum Gasteiger partial charge on any atom is -0.538 e. The van der Waals surface area contributed by atoms with Gasteiger partial charge in [-0.25, -0.2) is 0 Å². The van der Waals surface area contributed by atoms with Gasteiger partial charge in [0.25, 0.3) is 0 Å². The summed E-state index contributed by atoms with van der Waals surface area (Å²) in [6.07, 6.45) is 0. The number of nitrogens with two attached hydrogens (primary N) is 1. The minimum atomic E-state index is -2.01. The lowest BCUT2D eigenvalue weighted by atomic mass is 9.90. The van der Waals surface area contributed by atoms with Crippen LogP contribution in [0.4, 0.5) is 0 Å². The molecule has 1 aliphatic rings. The van der Waals surface area contributed by atoms with Gasteiger partial charge in [0, 0.05) is 0 Å². The quantitative estimate of drug-likeness (QED) is 0.832. The van der Waals surface area contributed by atoms with E-state index in [1.807, 2.05) is 19.6 Å². The van der Waals surface area contributed by atoms with Gasteiger partial charge in [0.05, 0.1) is 19.8 Å². The Morgan fingerprint density at radius 1 is 1.13 bits per heavy atom. The van der Waals surface area contributed by atoms with E-state index in [0.717, 1.165) is 0 Å². The first-order chi connectivity index (χ1) is 10.6. The van der Waals surface area contributed by atoms with E-state index in [1.165, 1.54) is 14.2 Å². The summed E-state index contributed by atoms with van der Waals surface area (Å²) in [5.41, 5.74) is 5.07. The Morgan fingerprint density at radius 3 is 2.09 bits per heavy atom. The highest BCUT2D eigenvalue weighted by Gasteiger charge is 2.51. The van der Waals surface area contributed by atoms with Crippen LogP contribution in [-0.4, -0.2) is 28.3 Å². The maximum absolute atomic E-state index is 13.0. The summed E-state index contributed by atoms with van der Waals surface area (Å²) in [5, 5.41) is 0. The van der Waals surface area contributed by atoms with Gasteiger partial charge in [0.1, 0.15) is 11.5 Å². The van der Waals surface area contributed by atoms with Crippen LogP contribution < -0.4 is 15.2 Å². The molecule has 0 saturated carbocycles. The van der Waals surface area contributed by atoms with Crippen LogP contribution in [0, 0.1) is 0 Å². The van der Waals surface area contributed by atoms with Crippen molar-refractivity contribution in [2.75, 3.05) is 14.2 Å². The van der Waals surface area contributed by atoms with E-state index in [9.17, 15) is 4.79 Å². The molecule has 126 valence electrons. The van der Waals surface area contributed by atoms with Gasteiger partial charge in [-0.05, 0) is 38.7 Å². The highest BCUT2D eigenvalue weighted by Crippen LogP contribution is 2.46. The summed E-state index contributed by atoms with van der Waals surface area (Å²) in [4.78, 5) is 13.0. The molecule has 1 aromatic rings. The van der Waals surface area contributed by atoms with Crippen molar-refractivity contribution in [1.82, 2.24) is 0 Å². The molecular weight excluding hydrogens is 314 g/mol. The lowest BCUT2D eigenvalue weighted by Gasteiger charge is -2.27. The predicted molar refractivity (Wildman–Crippen MR) is 88.6 cm³/mol. The molecule has 1 unspecified atom stereocenters. The summed E-state index contributed by atoms with van der Waals surface area (Å²) in [7, 11) is 1.04. The Morgan fingerprint density at radius 2 is 1.65 bits per heavy atom. The number of ether oxygens (including phenoxy) is 3. The first kappa shape index (κ1) is 17.2. The van der Waals surface area contributed by atoms with Gasteiger partial charge in [0.2, 0.25) is 31.3 Å². The maximum Gasteiger partial charge on any atom is 0.249 e. The molecule has 1 aromatic carbocycles. The second kappa shape index (κ2) is 5.81. The van der Waals surface area contributed by atoms with Crippen LogP contribution in [0.25, 0.3) is 0 Å². The average Bonchev–Trinajstić information content (AvgIpc) is 2.69. The van der Waals surface area contributed by atoms with Crippen LogP contribution in [0.2, 0.25) is 19.6 Å². The van der Waals surface area contributed by atoms with Gasteiger partial charge >= 0.3 is 0 Å². The third kappa shape index (κ3) is 3.01. The number of carbonyl (C=O) groups excluding carboxylic acids is 1. The van der Waals surface area contributed by atoms with Crippen LogP contribution in [0.5, 0.6) is 11.5 Å². The Kier molecular flexibility index (Phi) is 4.34. The molecule has 7 heteroatoms. The van der Waals surface area contributed by atoms with E-state index in [0.29, 0.717) is 17.1 Å². The lowest BCUT2D eigenvalue weighted by Crippen LogP contribution is -2.35. The van der Waals surface area contributed by atoms with Gasteiger partial charge in [-0.15, -0.1) is 0 Å². The van der Waals surface area contributed by atoms with E-state index >= 15 is 0 Å². The molecule has 0 bridgehead atoms. The van der Waals surface area contributed by atoms with Crippen molar-refractivity contribution in [3.8, 4) is 11.5 Å². The van der Waals surface area contributed by atoms with Crippen molar-refractivity contribution in [3.05, 3.63) is 35.4 Å². The Balaban J connectivity index is 2.53. The second-order valence-electron chi connectivity index (χ2n) is 6.41. The molecule has 0 aromatic heterocycles. The second-order valence-corrected chi connectivity index (χ2v) is 10.8. The molecule has 6 nitrogen and oxygen atoms in total. The number of ketones is 1. The summed E-state index contributed by atoms with van der Waals surface area (Å²) in [6, 6.07) is 5.26. The Hall–Kier alpha value is -2.15. The molecular formula is C16H23NO5Si. The molecule has 0 aliphatic carbocycles. The lowest BCUT2D eigenvalue weighted by molar-refractivity contribution is -0.131. The molecule has 1 atom stereocenters. The van der Waals surface area contributed by atoms with Gasteiger partial charge in [-0.2, -0.15) is 0 Å². The highest BCUT2D eigenvalue weighted by molar-refractivity contribution is 6.70. The minimum absolute atomic E-state index is 0.00659. The van der Waals surface area contributed by atoms with E-state index in [4.69, 9.17) is 24.4 Å². The maximum atomic E-state index is 13.0. The third-order valence-corrected chi connectivity index (χ3v) is 4.31. The molecule has 0 fully saturated rings. The van der Waals surface area contributed by atoms with Gasteiger partial charge in [0.15, 0.2) is 0 Å². The monoisotopic (exact) mass is 337 g/mol. The summed E-state index contributed by atoms with van der Waals surface area (Å²) in [5.74, 6) is 0.720. The van der Waals surface area contributed by atoms with Crippen molar-refractivity contribution in [2.24, 2.45) is 5.73 Å². The molecule has 1 heterocycles. The van der Waals surface area contributed by atoms with Crippen molar-refractivity contribution >= 4 is 14.1 Å². The normalized spacial score (nSPS) is 21.2. The number of rotatable bonds is 5. The summed E-state index contributed by atoms with van der Waals surface area (Å²) < 4.78 is 22.3. The van der Waals surface area contributed by atoms with E-state index in [1.54, 1.807) is 25.1 Å². The van der Waals surface area contributed by atoms with Crippen LogP contribution >= 0.6 is 0 Å². The van der Waals surface area contributed by atoms with Crippen molar-refractivity contribution in [2.45, 2.75) is 32.2 Å². The van der Waals surface area contributed by atoms with Gasteiger partial charge in [-0.3, -0.25) is 4.79 Å². The zero-order valence-corrected chi connectivity index (χ0v) is 15.4. The van der Waals surface area contributed by atoms with Crippen molar-refractivity contribution < 1.29 is 23.4 Å². The van der Waals surface area contributed by atoms with Crippen LogP contribution in [-0.2, 0) is 19.6 Å². The first-order valence-corrected chi connectivity index (χ1v) is 10.7. The van der Waals surface area contributed by atoms with Crippen LogP contribution in [0.1, 0.15) is 12.5 Å². The average molecular weight is 337 g/mol. The van der Waals surface area contributed by atoms with E-state index in [2.05, 4.69) is 0 Å². The molecule has 0 radical (unpaired) electrons. The number of Topliss-reactive ketones (excluding diaryl/α,β-unsaturated/α-hetero) is 1. The van der Waals surface area contributed by atoms with Crippen molar-refractivity contribution in [1.29, 1.82) is 0 Å². The largest absolute Gasteiger partial charge is 0.538 e. The Bertz CT molecular complexity index is 643. The third-order valence-electron chi connectivity index (χ3n) is 3.49. The number of benzene rings is 1.